The number of benzene rings is 1. The molecule has 0 radical (unpaired) electrons. The Morgan fingerprint density at radius 1 is 1.10 bits per heavy atom. The third-order valence-electron chi connectivity index (χ3n) is 3.65. The molecule has 1 atom stereocenters. The van der Waals surface area contributed by atoms with E-state index in [9.17, 15) is 0 Å². The molecule has 0 amide bonds. The summed E-state index contributed by atoms with van der Waals surface area (Å²) in [5.74, 6) is 1.68. The van der Waals surface area contributed by atoms with E-state index in [-0.39, 0.29) is 0 Å². The maximum Gasteiger partial charge on any atom is 0.125 e. The lowest BCUT2D eigenvalue weighted by Gasteiger charge is -2.21. The van der Waals surface area contributed by atoms with E-state index in [0.29, 0.717) is 5.92 Å². The van der Waals surface area contributed by atoms with Gasteiger partial charge in [-0.3, -0.25) is 0 Å². The maximum absolute atomic E-state index is 6.04. The summed E-state index contributed by atoms with van der Waals surface area (Å²) in [5, 5.41) is 0. The molecule has 0 bridgehead atoms. The average molecular weight is 274 g/mol. The first-order chi connectivity index (χ1) is 9.63. The van der Waals surface area contributed by atoms with Gasteiger partial charge in [0.25, 0.3) is 0 Å². The van der Waals surface area contributed by atoms with E-state index in [2.05, 4.69) is 58.9 Å². The Morgan fingerprint density at radius 2 is 1.85 bits per heavy atom. The second-order valence-corrected chi connectivity index (χ2v) is 5.57. The number of ether oxygens (including phenoxy) is 1. The van der Waals surface area contributed by atoms with Crippen molar-refractivity contribution in [1.29, 1.82) is 0 Å². The molecule has 1 aromatic rings. The van der Waals surface area contributed by atoms with Gasteiger partial charge in [-0.25, -0.2) is 0 Å². The SMILES string of the molecule is CC/C=C\CC(CC)c1cc(C)cc(C)c1OCCC. The van der Waals surface area contributed by atoms with Gasteiger partial charge in [-0.2, -0.15) is 0 Å². The van der Waals surface area contributed by atoms with Crippen LogP contribution in [0.3, 0.4) is 0 Å². The molecular weight excluding hydrogens is 244 g/mol. The van der Waals surface area contributed by atoms with E-state index in [0.717, 1.165) is 38.0 Å². The third-order valence-corrected chi connectivity index (χ3v) is 3.65. The monoisotopic (exact) mass is 274 g/mol. The van der Waals surface area contributed by atoms with Gasteiger partial charge in [-0.15, -0.1) is 0 Å². The van der Waals surface area contributed by atoms with E-state index in [1.165, 1.54) is 16.7 Å². The number of hydrogen-bond donors (Lipinski definition) is 0. The van der Waals surface area contributed by atoms with Crippen molar-refractivity contribution in [3.8, 4) is 5.75 Å². The average Bonchev–Trinajstić information content (AvgIpc) is 2.42. The van der Waals surface area contributed by atoms with Crippen LogP contribution in [0.25, 0.3) is 0 Å². The zero-order valence-electron chi connectivity index (χ0n) is 13.8. The quantitative estimate of drug-likeness (QED) is 0.533. The van der Waals surface area contributed by atoms with Crippen molar-refractivity contribution in [2.45, 2.75) is 66.2 Å². The first-order valence-electron chi connectivity index (χ1n) is 8.02. The fourth-order valence-corrected chi connectivity index (χ4v) is 2.63. The molecule has 0 heterocycles. The van der Waals surface area contributed by atoms with E-state index in [4.69, 9.17) is 4.74 Å². The van der Waals surface area contributed by atoms with Gasteiger partial charge >= 0.3 is 0 Å². The Hall–Kier alpha value is -1.24. The molecule has 1 rings (SSSR count). The highest BCUT2D eigenvalue weighted by Crippen LogP contribution is 2.35. The highest BCUT2D eigenvalue weighted by molar-refractivity contribution is 5.46. The van der Waals surface area contributed by atoms with Crippen molar-refractivity contribution in [2.24, 2.45) is 0 Å². The van der Waals surface area contributed by atoms with Crippen molar-refractivity contribution < 1.29 is 4.74 Å². The van der Waals surface area contributed by atoms with Crippen molar-refractivity contribution in [2.75, 3.05) is 6.61 Å². The van der Waals surface area contributed by atoms with Crippen LogP contribution in [0.15, 0.2) is 24.3 Å². The normalized spacial score (nSPS) is 12.8. The fraction of sp³-hybridized carbons (Fsp3) is 0.579. The third kappa shape index (κ3) is 4.70. The van der Waals surface area contributed by atoms with E-state index in [1.54, 1.807) is 0 Å². The lowest BCUT2D eigenvalue weighted by atomic mass is 9.89. The molecule has 0 aliphatic carbocycles. The molecule has 112 valence electrons. The van der Waals surface area contributed by atoms with Crippen molar-refractivity contribution in [1.82, 2.24) is 0 Å². The molecule has 1 heteroatoms. The molecule has 20 heavy (non-hydrogen) atoms. The molecule has 0 saturated heterocycles. The molecule has 0 aliphatic heterocycles. The molecule has 1 unspecified atom stereocenters. The second-order valence-electron chi connectivity index (χ2n) is 5.57. The number of aryl methyl sites for hydroxylation is 2. The van der Waals surface area contributed by atoms with Crippen LogP contribution < -0.4 is 4.74 Å². The highest BCUT2D eigenvalue weighted by atomic mass is 16.5. The van der Waals surface area contributed by atoms with Crippen molar-refractivity contribution in [3.63, 3.8) is 0 Å². The van der Waals surface area contributed by atoms with Gasteiger partial charge in [0.15, 0.2) is 0 Å². The van der Waals surface area contributed by atoms with Crippen LogP contribution in [-0.2, 0) is 0 Å². The van der Waals surface area contributed by atoms with Gasteiger partial charge in [0.05, 0.1) is 6.61 Å². The van der Waals surface area contributed by atoms with E-state index in [1.807, 2.05) is 0 Å². The van der Waals surface area contributed by atoms with Crippen LogP contribution in [0.4, 0.5) is 0 Å². The molecule has 1 nitrogen and oxygen atoms in total. The van der Waals surface area contributed by atoms with Crippen LogP contribution in [0.5, 0.6) is 5.75 Å². The van der Waals surface area contributed by atoms with Gasteiger partial charge in [-0.1, -0.05) is 50.6 Å². The molecule has 0 spiro atoms. The molecule has 0 fully saturated rings. The van der Waals surface area contributed by atoms with Crippen molar-refractivity contribution in [3.05, 3.63) is 41.0 Å². The first kappa shape index (κ1) is 16.8. The van der Waals surface area contributed by atoms with Crippen LogP contribution in [0.1, 0.15) is 69.1 Å². The summed E-state index contributed by atoms with van der Waals surface area (Å²) < 4.78 is 6.04. The molecule has 1 aromatic carbocycles. The van der Waals surface area contributed by atoms with Gasteiger partial charge in [0.2, 0.25) is 0 Å². The summed E-state index contributed by atoms with van der Waals surface area (Å²) in [4.78, 5) is 0. The zero-order chi connectivity index (χ0) is 15.0. The maximum atomic E-state index is 6.04. The first-order valence-corrected chi connectivity index (χ1v) is 8.02. The Balaban J connectivity index is 3.07. The summed E-state index contributed by atoms with van der Waals surface area (Å²) in [6.07, 6.45) is 9.00. The van der Waals surface area contributed by atoms with Gasteiger partial charge in [0, 0.05) is 0 Å². The van der Waals surface area contributed by atoms with Crippen LogP contribution in [0.2, 0.25) is 0 Å². The minimum Gasteiger partial charge on any atom is -0.493 e. The van der Waals surface area contributed by atoms with Crippen LogP contribution >= 0.6 is 0 Å². The standard InChI is InChI=1S/C19H30O/c1-6-9-10-11-17(8-3)18-14-15(4)13-16(5)19(18)20-12-7-2/h9-10,13-14,17H,6-8,11-12H2,1-5H3/b10-9-. The highest BCUT2D eigenvalue weighted by Gasteiger charge is 2.16. The van der Waals surface area contributed by atoms with Crippen LogP contribution in [0, 0.1) is 13.8 Å². The largest absolute Gasteiger partial charge is 0.493 e. The van der Waals surface area contributed by atoms with Crippen LogP contribution in [-0.4, -0.2) is 6.61 Å². The molecule has 0 saturated carbocycles. The minimum absolute atomic E-state index is 0.559. The summed E-state index contributed by atoms with van der Waals surface area (Å²) >= 11 is 0. The van der Waals surface area contributed by atoms with Gasteiger partial charge < -0.3 is 4.74 Å². The Bertz CT molecular complexity index is 432. The fourth-order valence-electron chi connectivity index (χ4n) is 2.63. The van der Waals surface area contributed by atoms with E-state index < -0.39 is 0 Å². The topological polar surface area (TPSA) is 9.23 Å². The summed E-state index contributed by atoms with van der Waals surface area (Å²) in [6.45, 7) is 11.8. The zero-order valence-corrected chi connectivity index (χ0v) is 13.8. The molecule has 0 aromatic heterocycles. The second kappa shape index (κ2) is 8.84. The predicted molar refractivity (Wildman–Crippen MR) is 88.8 cm³/mol. The molecular formula is C19H30O. The Labute approximate surface area is 125 Å². The lowest BCUT2D eigenvalue weighted by Crippen LogP contribution is -2.05. The summed E-state index contributed by atoms with van der Waals surface area (Å²) in [5.41, 5.74) is 3.99. The van der Waals surface area contributed by atoms with Gasteiger partial charge in [-0.05, 0) is 56.6 Å². The minimum atomic E-state index is 0.559. The lowest BCUT2D eigenvalue weighted by molar-refractivity contribution is 0.309. The smallest absolute Gasteiger partial charge is 0.125 e. The molecule has 0 N–H and O–H groups in total. The number of hydrogen-bond acceptors (Lipinski definition) is 1. The molecule has 0 aliphatic rings. The summed E-state index contributed by atoms with van der Waals surface area (Å²) in [7, 11) is 0. The Kier molecular flexibility index (Phi) is 7.43. The summed E-state index contributed by atoms with van der Waals surface area (Å²) in [6, 6.07) is 4.54. The van der Waals surface area contributed by atoms with E-state index >= 15 is 0 Å². The van der Waals surface area contributed by atoms with Crippen molar-refractivity contribution >= 4 is 0 Å². The Morgan fingerprint density at radius 3 is 2.45 bits per heavy atom. The van der Waals surface area contributed by atoms with Gasteiger partial charge in [0.1, 0.15) is 5.75 Å². The number of allylic oxidation sites excluding steroid dienone is 2. The number of rotatable bonds is 8. The predicted octanol–water partition coefficient (Wildman–Crippen LogP) is 5.94.